The van der Waals surface area contributed by atoms with E-state index >= 15 is 0 Å². The van der Waals surface area contributed by atoms with E-state index in [0.717, 1.165) is 37.8 Å². The van der Waals surface area contributed by atoms with Crippen LogP contribution in [0.4, 0.5) is 0 Å². The van der Waals surface area contributed by atoms with Crippen molar-refractivity contribution in [3.05, 3.63) is 29.8 Å². The number of benzene rings is 1. The van der Waals surface area contributed by atoms with Crippen LogP contribution in [0.15, 0.2) is 29.2 Å². The molecule has 0 saturated heterocycles. The normalized spacial score (nSPS) is 14.7. The second kappa shape index (κ2) is 8.94. The Bertz CT molecular complexity index is 830. The highest BCUT2D eigenvalue weighted by Gasteiger charge is 2.53. The molecule has 0 aromatic heterocycles. The van der Waals surface area contributed by atoms with Crippen molar-refractivity contribution in [3.8, 4) is 0 Å². The minimum Gasteiger partial charge on any atom is -0.480 e. The van der Waals surface area contributed by atoms with Gasteiger partial charge in [0.2, 0.25) is 4.75 Å². The number of unbranched alkanes of at least 4 members (excludes halogenated alkanes) is 5. The molecular weight excluding hydrogens is 384 g/mol. The van der Waals surface area contributed by atoms with Gasteiger partial charge >= 0.3 is 5.97 Å². The molecule has 0 aliphatic carbocycles. The lowest BCUT2D eigenvalue weighted by atomic mass is 9.91. The molecule has 0 radical (unpaired) electrons. The van der Waals surface area contributed by atoms with E-state index in [9.17, 15) is 35.8 Å². The molecule has 8 nitrogen and oxygen atoms in total. The van der Waals surface area contributed by atoms with Crippen LogP contribution in [0, 0.1) is 0 Å². The summed E-state index contributed by atoms with van der Waals surface area (Å²) >= 11 is 0. The van der Waals surface area contributed by atoms with E-state index in [1.165, 1.54) is 12.1 Å². The fraction of sp³-hybridized carbons (Fsp3) is 0.562. The zero-order valence-electron chi connectivity index (χ0n) is 14.5. The maximum absolute atomic E-state index is 12.0. The Kier molecular flexibility index (Phi) is 7.75. The lowest BCUT2D eigenvalue weighted by Gasteiger charge is -2.28. The Hall–Kier alpha value is -1.49. The van der Waals surface area contributed by atoms with E-state index in [1.54, 1.807) is 0 Å². The molecule has 0 fully saturated rings. The molecule has 0 amide bonds. The van der Waals surface area contributed by atoms with Crippen LogP contribution in [0.3, 0.4) is 0 Å². The van der Waals surface area contributed by atoms with Gasteiger partial charge in [0.1, 0.15) is 0 Å². The summed E-state index contributed by atoms with van der Waals surface area (Å²) in [4.78, 5) is 11.0. The zero-order chi connectivity index (χ0) is 20.0. The van der Waals surface area contributed by atoms with Crippen molar-refractivity contribution in [1.29, 1.82) is 0 Å². The fourth-order valence-corrected chi connectivity index (χ4v) is 4.83. The van der Waals surface area contributed by atoms with Crippen LogP contribution in [0.25, 0.3) is 0 Å². The first-order valence-electron chi connectivity index (χ1n) is 8.26. The summed E-state index contributed by atoms with van der Waals surface area (Å²) in [5.74, 6) is -1.90. The topological polar surface area (TPSA) is 146 Å². The van der Waals surface area contributed by atoms with E-state index in [-0.39, 0.29) is 6.42 Å². The Morgan fingerprint density at radius 2 is 1.50 bits per heavy atom. The van der Waals surface area contributed by atoms with Crippen molar-refractivity contribution in [2.24, 2.45) is 0 Å². The lowest BCUT2D eigenvalue weighted by molar-refractivity contribution is -0.141. The van der Waals surface area contributed by atoms with Gasteiger partial charge in [-0.05, 0) is 12.5 Å². The van der Waals surface area contributed by atoms with Gasteiger partial charge in [0.05, 0.1) is 4.90 Å². The maximum Gasteiger partial charge on any atom is 0.332 e. The van der Waals surface area contributed by atoms with Crippen LogP contribution < -0.4 is 0 Å². The second-order valence-electron chi connectivity index (χ2n) is 6.10. The van der Waals surface area contributed by atoms with E-state index in [4.69, 9.17) is 0 Å². The summed E-state index contributed by atoms with van der Waals surface area (Å²) in [6, 6.07) is 4.33. The second-order valence-corrected chi connectivity index (χ2v) is 9.13. The highest BCUT2D eigenvalue weighted by atomic mass is 32.2. The number of carbonyl (C=O) groups is 1. The molecule has 0 heterocycles. The van der Waals surface area contributed by atoms with Crippen LogP contribution in [-0.4, -0.2) is 37.0 Å². The van der Waals surface area contributed by atoms with Crippen LogP contribution in [-0.2, 0) is 29.8 Å². The number of carboxylic acid groups (broad SMARTS) is 1. The molecule has 1 atom stereocenters. The average Bonchev–Trinajstić information content (AvgIpc) is 2.52. The third-order valence-corrected chi connectivity index (χ3v) is 6.66. The van der Waals surface area contributed by atoms with E-state index in [0.29, 0.717) is 6.42 Å². The van der Waals surface area contributed by atoms with Crippen LogP contribution in [0.5, 0.6) is 0 Å². The van der Waals surface area contributed by atoms with Gasteiger partial charge in [-0.25, -0.2) is 0 Å². The predicted octanol–water partition coefficient (Wildman–Crippen LogP) is 2.85. The first-order chi connectivity index (χ1) is 12.0. The zero-order valence-corrected chi connectivity index (χ0v) is 16.1. The highest BCUT2D eigenvalue weighted by Crippen LogP contribution is 2.39. The number of hydrogen-bond acceptors (Lipinski definition) is 5. The molecule has 3 N–H and O–H groups in total. The van der Waals surface area contributed by atoms with Crippen molar-refractivity contribution >= 4 is 26.2 Å². The van der Waals surface area contributed by atoms with Crippen LogP contribution >= 0.6 is 0 Å². The minimum atomic E-state index is -5.23. The van der Waals surface area contributed by atoms with Crippen LogP contribution in [0.1, 0.15) is 57.4 Å². The smallest absolute Gasteiger partial charge is 0.332 e. The van der Waals surface area contributed by atoms with Crippen molar-refractivity contribution in [2.45, 2.75) is 61.5 Å². The molecular formula is C16H24O8S2. The Morgan fingerprint density at radius 3 is 2.00 bits per heavy atom. The Balaban J connectivity index is 3.38. The molecule has 26 heavy (non-hydrogen) atoms. The summed E-state index contributed by atoms with van der Waals surface area (Å²) in [6.07, 6.45) is 3.83. The Labute approximate surface area is 153 Å². The summed E-state index contributed by atoms with van der Waals surface area (Å²) in [7, 11) is -10.1. The van der Waals surface area contributed by atoms with Crippen molar-refractivity contribution < 1.29 is 35.8 Å². The SMILES string of the molecule is CCCCCCCCC(C(=O)O)(c1ccccc1S(=O)(=O)O)S(=O)(=O)O. The van der Waals surface area contributed by atoms with Gasteiger partial charge in [-0.1, -0.05) is 63.6 Å². The van der Waals surface area contributed by atoms with Gasteiger partial charge in [0.25, 0.3) is 20.2 Å². The van der Waals surface area contributed by atoms with Gasteiger partial charge in [-0.15, -0.1) is 0 Å². The monoisotopic (exact) mass is 408 g/mol. The summed E-state index contributed by atoms with van der Waals surface area (Å²) in [5, 5.41) is 9.63. The average molecular weight is 408 g/mol. The largest absolute Gasteiger partial charge is 0.480 e. The van der Waals surface area contributed by atoms with E-state index < -0.39 is 47.8 Å². The predicted molar refractivity (Wildman–Crippen MR) is 95.1 cm³/mol. The molecule has 0 aliphatic heterocycles. The molecule has 0 aliphatic rings. The lowest BCUT2D eigenvalue weighted by Crippen LogP contribution is -2.44. The molecule has 0 bridgehead atoms. The molecule has 1 rings (SSSR count). The third-order valence-electron chi connectivity index (χ3n) is 4.27. The molecule has 1 aromatic rings. The maximum atomic E-state index is 12.0. The standard InChI is InChI=1S/C16H24O8S2/c1-2-3-4-5-6-9-12-16(15(17)18,26(22,23)24)13-10-7-8-11-14(13)25(19,20)21/h7-8,10-11H,2-6,9,12H2,1H3,(H,17,18)(H,19,20,21)(H,22,23,24). The number of carboxylic acids is 1. The van der Waals surface area contributed by atoms with Gasteiger partial charge < -0.3 is 5.11 Å². The summed E-state index contributed by atoms with van der Waals surface area (Å²) in [5.41, 5.74) is -0.675. The van der Waals surface area contributed by atoms with Crippen molar-refractivity contribution in [1.82, 2.24) is 0 Å². The third kappa shape index (κ3) is 5.03. The molecule has 1 unspecified atom stereocenters. The number of aliphatic carboxylic acids is 1. The highest BCUT2D eigenvalue weighted by molar-refractivity contribution is 7.88. The number of hydrogen-bond donors (Lipinski definition) is 3. The molecule has 0 saturated carbocycles. The van der Waals surface area contributed by atoms with Crippen molar-refractivity contribution in [2.75, 3.05) is 0 Å². The minimum absolute atomic E-state index is 0.148. The number of rotatable bonds is 11. The van der Waals surface area contributed by atoms with Gasteiger partial charge in [0, 0.05) is 5.56 Å². The fourth-order valence-electron chi connectivity index (χ4n) is 2.91. The molecule has 148 valence electrons. The van der Waals surface area contributed by atoms with Gasteiger partial charge in [-0.2, -0.15) is 16.8 Å². The summed E-state index contributed by atoms with van der Waals surface area (Å²) in [6.45, 7) is 2.03. The molecule has 0 spiro atoms. The van der Waals surface area contributed by atoms with E-state index in [2.05, 4.69) is 0 Å². The van der Waals surface area contributed by atoms with Gasteiger partial charge in [0.15, 0.2) is 0 Å². The first-order valence-corrected chi connectivity index (χ1v) is 11.1. The van der Waals surface area contributed by atoms with Crippen LogP contribution in [0.2, 0.25) is 0 Å². The molecule has 10 heteroatoms. The Morgan fingerprint density at radius 1 is 0.962 bits per heavy atom. The quantitative estimate of drug-likeness (QED) is 0.374. The summed E-state index contributed by atoms with van der Waals surface area (Å²) < 4.78 is 63.4. The van der Waals surface area contributed by atoms with Crippen molar-refractivity contribution in [3.63, 3.8) is 0 Å². The first kappa shape index (κ1) is 22.6. The van der Waals surface area contributed by atoms with Gasteiger partial charge in [-0.3, -0.25) is 13.9 Å². The molecule has 1 aromatic carbocycles. The van der Waals surface area contributed by atoms with E-state index in [1.807, 2.05) is 6.92 Å².